The van der Waals surface area contributed by atoms with Crippen LogP contribution in [0.5, 0.6) is 0 Å². The smallest absolute Gasteiger partial charge is 0.269 e. The fraction of sp³-hybridized carbons (Fsp3) is 0.107. The molecule has 0 fully saturated rings. The Morgan fingerprint density at radius 1 is 0.919 bits per heavy atom. The van der Waals surface area contributed by atoms with Crippen molar-refractivity contribution >= 4 is 46.3 Å². The summed E-state index contributed by atoms with van der Waals surface area (Å²) in [6.07, 6.45) is 1.58. The van der Waals surface area contributed by atoms with Crippen LogP contribution in [0.25, 0.3) is 10.8 Å². The van der Waals surface area contributed by atoms with Crippen molar-refractivity contribution in [2.75, 3.05) is 5.75 Å². The van der Waals surface area contributed by atoms with Gasteiger partial charge in [0.05, 0.1) is 11.1 Å². The molecule has 186 valence electrons. The number of nitro benzene ring substituents is 1. The second kappa shape index (κ2) is 12.5. The van der Waals surface area contributed by atoms with Gasteiger partial charge in [0.15, 0.2) is 0 Å². The van der Waals surface area contributed by atoms with E-state index >= 15 is 0 Å². The molecule has 4 aromatic rings. The minimum absolute atomic E-state index is 0.118. The van der Waals surface area contributed by atoms with E-state index in [1.54, 1.807) is 6.21 Å². The van der Waals surface area contributed by atoms with Crippen molar-refractivity contribution in [3.63, 3.8) is 0 Å². The normalized spacial score (nSPS) is 11.8. The average molecular weight is 513 g/mol. The highest BCUT2D eigenvalue weighted by Crippen LogP contribution is 2.17. The Hall–Kier alpha value is -4.50. The fourth-order valence-corrected chi connectivity index (χ4v) is 4.65. The molecule has 8 nitrogen and oxygen atoms in total. The SMILES string of the molecule is O=C(NC(CSCc1ccccc1)C(=O)N/N=C/c1cccc2ccccc12)c1ccc([N+](=O)[O-])cc1. The number of carbonyl (C=O) groups is 2. The highest BCUT2D eigenvalue weighted by molar-refractivity contribution is 7.98. The second-order valence-electron chi connectivity index (χ2n) is 8.13. The van der Waals surface area contributed by atoms with E-state index in [-0.39, 0.29) is 11.3 Å². The largest absolute Gasteiger partial charge is 0.339 e. The topological polar surface area (TPSA) is 114 Å². The van der Waals surface area contributed by atoms with Gasteiger partial charge in [-0.15, -0.1) is 0 Å². The molecule has 0 aromatic heterocycles. The third-order valence-corrected chi connectivity index (χ3v) is 6.67. The van der Waals surface area contributed by atoms with Gasteiger partial charge >= 0.3 is 0 Å². The molecular formula is C28H24N4O4S. The molecule has 0 bridgehead atoms. The van der Waals surface area contributed by atoms with Crippen LogP contribution < -0.4 is 10.7 Å². The second-order valence-corrected chi connectivity index (χ2v) is 9.16. The van der Waals surface area contributed by atoms with E-state index in [9.17, 15) is 19.7 Å². The predicted molar refractivity (Wildman–Crippen MR) is 147 cm³/mol. The Bertz CT molecular complexity index is 1420. The van der Waals surface area contributed by atoms with Crippen LogP contribution >= 0.6 is 11.8 Å². The third kappa shape index (κ3) is 7.02. The highest BCUT2D eigenvalue weighted by atomic mass is 32.2. The van der Waals surface area contributed by atoms with Gasteiger partial charge in [-0.25, -0.2) is 5.43 Å². The van der Waals surface area contributed by atoms with Crippen molar-refractivity contribution in [3.05, 3.63) is 124 Å². The molecule has 0 heterocycles. The summed E-state index contributed by atoms with van der Waals surface area (Å²) in [4.78, 5) is 36.2. The van der Waals surface area contributed by atoms with Crippen molar-refractivity contribution in [1.29, 1.82) is 0 Å². The molecule has 0 spiro atoms. The van der Waals surface area contributed by atoms with Crippen LogP contribution in [0.4, 0.5) is 5.69 Å². The number of thioether (sulfide) groups is 1. The molecule has 37 heavy (non-hydrogen) atoms. The summed E-state index contributed by atoms with van der Waals surface area (Å²) in [5.41, 5.74) is 4.59. The van der Waals surface area contributed by atoms with E-state index in [1.807, 2.05) is 72.8 Å². The van der Waals surface area contributed by atoms with Gasteiger partial charge in [0.1, 0.15) is 6.04 Å². The molecule has 4 rings (SSSR count). The Morgan fingerprint density at radius 3 is 2.38 bits per heavy atom. The van der Waals surface area contributed by atoms with E-state index < -0.39 is 22.8 Å². The van der Waals surface area contributed by atoms with Crippen LogP contribution in [0.1, 0.15) is 21.5 Å². The van der Waals surface area contributed by atoms with E-state index in [4.69, 9.17) is 0 Å². The summed E-state index contributed by atoms with van der Waals surface area (Å²) >= 11 is 1.50. The summed E-state index contributed by atoms with van der Waals surface area (Å²) in [5.74, 6) is 0.00118. The lowest BCUT2D eigenvalue weighted by molar-refractivity contribution is -0.384. The van der Waals surface area contributed by atoms with Crippen molar-refractivity contribution in [1.82, 2.24) is 10.7 Å². The average Bonchev–Trinajstić information content (AvgIpc) is 2.93. The number of nitro groups is 1. The minimum atomic E-state index is -0.874. The van der Waals surface area contributed by atoms with Crippen molar-refractivity contribution in [2.45, 2.75) is 11.8 Å². The number of non-ortho nitro benzene ring substituents is 1. The number of amides is 2. The molecule has 0 saturated carbocycles. The molecular weight excluding hydrogens is 488 g/mol. The number of rotatable bonds is 10. The lowest BCUT2D eigenvalue weighted by Crippen LogP contribution is -2.47. The predicted octanol–water partition coefficient (Wildman–Crippen LogP) is 4.93. The van der Waals surface area contributed by atoms with Crippen molar-refractivity contribution in [3.8, 4) is 0 Å². The number of nitrogens with zero attached hydrogens (tertiary/aromatic N) is 2. The van der Waals surface area contributed by atoms with Gasteiger partial charge in [-0.05, 0) is 28.5 Å². The Labute approximate surface area is 217 Å². The Balaban J connectivity index is 1.45. The first kappa shape index (κ1) is 25.6. The quantitative estimate of drug-likeness (QED) is 0.178. The van der Waals surface area contributed by atoms with E-state index in [0.717, 1.165) is 21.9 Å². The van der Waals surface area contributed by atoms with E-state index in [1.165, 1.54) is 36.0 Å². The molecule has 0 saturated heterocycles. The first-order valence-corrected chi connectivity index (χ1v) is 12.6. The zero-order chi connectivity index (χ0) is 26.0. The van der Waals surface area contributed by atoms with Crippen LogP contribution in [0, 0.1) is 10.1 Å². The number of hydrazone groups is 1. The number of nitrogens with one attached hydrogen (secondary N) is 2. The maximum Gasteiger partial charge on any atom is 0.269 e. The highest BCUT2D eigenvalue weighted by Gasteiger charge is 2.22. The Kier molecular flexibility index (Phi) is 8.62. The molecule has 4 aromatic carbocycles. The number of fused-ring (bicyclic) bond motifs is 1. The molecule has 2 amide bonds. The van der Waals surface area contributed by atoms with Gasteiger partial charge in [0.25, 0.3) is 17.5 Å². The number of carbonyl (C=O) groups excluding carboxylic acids is 2. The summed E-state index contributed by atoms with van der Waals surface area (Å²) in [7, 11) is 0. The lowest BCUT2D eigenvalue weighted by Gasteiger charge is -2.17. The van der Waals surface area contributed by atoms with Crippen LogP contribution in [-0.2, 0) is 10.5 Å². The molecule has 0 aliphatic rings. The molecule has 1 unspecified atom stereocenters. The van der Waals surface area contributed by atoms with Gasteiger partial charge < -0.3 is 5.32 Å². The maximum atomic E-state index is 13.0. The number of hydrogen-bond donors (Lipinski definition) is 2. The molecule has 0 radical (unpaired) electrons. The van der Waals surface area contributed by atoms with Crippen molar-refractivity contribution < 1.29 is 14.5 Å². The van der Waals surface area contributed by atoms with Gasteiger partial charge in [0.2, 0.25) is 0 Å². The van der Waals surface area contributed by atoms with Crippen LogP contribution in [0.15, 0.2) is 102 Å². The summed E-state index contributed by atoms with van der Waals surface area (Å²) in [5, 5.41) is 19.8. The number of hydrogen-bond acceptors (Lipinski definition) is 6. The number of benzene rings is 4. The first-order valence-electron chi connectivity index (χ1n) is 11.5. The van der Waals surface area contributed by atoms with E-state index in [0.29, 0.717) is 11.5 Å². The van der Waals surface area contributed by atoms with Crippen LogP contribution in [0.3, 0.4) is 0 Å². The van der Waals surface area contributed by atoms with Crippen molar-refractivity contribution in [2.24, 2.45) is 5.10 Å². The summed E-state index contributed by atoms with van der Waals surface area (Å²) in [6.45, 7) is 0. The summed E-state index contributed by atoms with van der Waals surface area (Å²) < 4.78 is 0. The lowest BCUT2D eigenvalue weighted by atomic mass is 10.1. The Morgan fingerprint density at radius 2 is 1.62 bits per heavy atom. The minimum Gasteiger partial charge on any atom is -0.339 e. The summed E-state index contributed by atoms with van der Waals surface area (Å²) in [6, 6.07) is 27.8. The zero-order valence-electron chi connectivity index (χ0n) is 19.7. The van der Waals surface area contributed by atoms with Gasteiger partial charge in [-0.2, -0.15) is 16.9 Å². The van der Waals surface area contributed by atoms with E-state index in [2.05, 4.69) is 15.8 Å². The molecule has 0 aliphatic heterocycles. The molecule has 0 aliphatic carbocycles. The maximum absolute atomic E-state index is 13.0. The monoisotopic (exact) mass is 512 g/mol. The first-order chi connectivity index (χ1) is 18.0. The standard InChI is InChI=1S/C28H24N4O4S/c33-27(22-13-15-24(16-14-22)32(35)36)30-26(19-37-18-20-7-2-1-3-8-20)28(34)31-29-17-23-11-6-10-21-9-4-5-12-25(21)23/h1-17,26H,18-19H2,(H,30,33)(H,31,34)/b29-17+. The van der Waals surface area contributed by atoms with Crippen LogP contribution in [-0.4, -0.2) is 34.7 Å². The zero-order valence-corrected chi connectivity index (χ0v) is 20.6. The molecule has 1 atom stereocenters. The molecule has 9 heteroatoms. The molecule has 2 N–H and O–H groups in total. The fourth-order valence-electron chi connectivity index (χ4n) is 3.63. The van der Waals surface area contributed by atoms with Gasteiger partial charge in [-0.3, -0.25) is 19.7 Å². The van der Waals surface area contributed by atoms with Gasteiger partial charge in [-0.1, -0.05) is 72.8 Å². The van der Waals surface area contributed by atoms with Crippen LogP contribution in [0.2, 0.25) is 0 Å². The van der Waals surface area contributed by atoms with Gasteiger partial charge in [0, 0.05) is 34.8 Å². The third-order valence-electron chi connectivity index (χ3n) is 5.56.